The van der Waals surface area contributed by atoms with Gasteiger partial charge in [0.15, 0.2) is 0 Å². The Balaban J connectivity index is 0.974. The Morgan fingerprint density at radius 2 is 1.56 bits per heavy atom. The van der Waals surface area contributed by atoms with Crippen LogP contribution in [0.25, 0.3) is 22.6 Å². The second kappa shape index (κ2) is 14.3. The van der Waals surface area contributed by atoms with E-state index in [1.165, 1.54) is 16.9 Å². The highest BCUT2D eigenvalue weighted by molar-refractivity contribution is 5.97. The Morgan fingerprint density at radius 3 is 2.28 bits per heavy atom. The Kier molecular flexibility index (Phi) is 9.33. The molecular formula is C40H37N3O7. The van der Waals surface area contributed by atoms with Crippen LogP contribution in [0, 0.1) is 6.92 Å². The molecule has 254 valence electrons. The number of hydrogen-bond donors (Lipinski definition) is 0. The molecule has 1 aromatic heterocycles. The number of aromatic nitrogens is 1. The summed E-state index contributed by atoms with van der Waals surface area (Å²) in [4.78, 5) is 47.6. The van der Waals surface area contributed by atoms with Gasteiger partial charge in [-0.05, 0) is 59.5 Å². The van der Waals surface area contributed by atoms with Crippen LogP contribution in [0.1, 0.15) is 38.9 Å². The molecule has 0 spiro atoms. The lowest BCUT2D eigenvalue weighted by molar-refractivity contribution is -0.147. The normalized spacial score (nSPS) is 15.3. The Hall–Kier alpha value is -5.90. The number of ether oxygens (including phenoxy) is 3. The highest BCUT2D eigenvalue weighted by atomic mass is 16.6. The van der Waals surface area contributed by atoms with Crippen molar-refractivity contribution in [1.82, 2.24) is 14.8 Å². The number of carbonyl (C=O) groups excluding carboxylic acids is 3. The number of amides is 2. The van der Waals surface area contributed by atoms with E-state index in [9.17, 15) is 14.4 Å². The third kappa shape index (κ3) is 6.56. The predicted octanol–water partition coefficient (Wildman–Crippen LogP) is 6.52. The number of piperazine rings is 1. The first-order valence-electron chi connectivity index (χ1n) is 16.6. The van der Waals surface area contributed by atoms with Crippen LogP contribution >= 0.6 is 0 Å². The van der Waals surface area contributed by atoms with Crippen LogP contribution in [0.5, 0.6) is 5.75 Å². The molecule has 2 amide bonds. The maximum absolute atomic E-state index is 13.8. The van der Waals surface area contributed by atoms with Crippen molar-refractivity contribution in [3.63, 3.8) is 0 Å². The molecule has 0 saturated carbocycles. The van der Waals surface area contributed by atoms with Crippen molar-refractivity contribution in [3.8, 4) is 28.3 Å². The van der Waals surface area contributed by atoms with Crippen molar-refractivity contribution >= 4 is 18.0 Å². The summed E-state index contributed by atoms with van der Waals surface area (Å²) in [5.41, 5.74) is 6.56. The Labute approximate surface area is 290 Å². The third-order valence-corrected chi connectivity index (χ3v) is 9.31. The van der Waals surface area contributed by atoms with E-state index in [2.05, 4.69) is 29.2 Å². The van der Waals surface area contributed by atoms with Crippen LogP contribution in [0.3, 0.4) is 0 Å². The summed E-state index contributed by atoms with van der Waals surface area (Å²) in [5.74, 6) is 0.726. The molecule has 1 saturated heterocycles. The molecule has 1 aliphatic heterocycles. The van der Waals surface area contributed by atoms with Gasteiger partial charge >= 0.3 is 12.1 Å². The molecule has 1 unspecified atom stereocenters. The zero-order chi connectivity index (χ0) is 34.6. The van der Waals surface area contributed by atoms with Gasteiger partial charge in [-0.3, -0.25) is 4.79 Å². The second-order valence-electron chi connectivity index (χ2n) is 12.3. The van der Waals surface area contributed by atoms with E-state index in [-0.39, 0.29) is 38.1 Å². The Bertz CT molecular complexity index is 1980. The SMILES string of the molecule is COC(=O)C1CN(C(=O)OCC2c3ccccc3-c3ccccc32)CCN1C(=O)c1cccc(OCCc2nc(-c3ccccc3)oc2C)c1. The van der Waals surface area contributed by atoms with Crippen molar-refractivity contribution in [1.29, 1.82) is 0 Å². The van der Waals surface area contributed by atoms with Gasteiger partial charge in [-0.2, -0.15) is 0 Å². The summed E-state index contributed by atoms with van der Waals surface area (Å²) in [6.07, 6.45) is -0.0238. The summed E-state index contributed by atoms with van der Waals surface area (Å²) in [6, 6.07) is 31.8. The first kappa shape index (κ1) is 32.6. The number of aryl methyl sites for hydroxylation is 1. The van der Waals surface area contributed by atoms with E-state index in [1.54, 1.807) is 24.3 Å². The molecule has 50 heavy (non-hydrogen) atoms. The lowest BCUT2D eigenvalue weighted by Gasteiger charge is -2.39. The third-order valence-electron chi connectivity index (χ3n) is 9.31. The van der Waals surface area contributed by atoms with Crippen LogP contribution in [0.2, 0.25) is 0 Å². The molecule has 2 aliphatic rings. The number of hydrogen-bond acceptors (Lipinski definition) is 8. The quantitative estimate of drug-likeness (QED) is 0.163. The lowest BCUT2D eigenvalue weighted by atomic mass is 9.98. The molecule has 1 aliphatic carbocycles. The number of rotatable bonds is 9. The smallest absolute Gasteiger partial charge is 0.409 e. The molecule has 2 heterocycles. The molecule has 7 rings (SSSR count). The fourth-order valence-electron chi connectivity index (χ4n) is 6.73. The van der Waals surface area contributed by atoms with E-state index in [0.29, 0.717) is 30.2 Å². The molecule has 0 radical (unpaired) electrons. The minimum Gasteiger partial charge on any atom is -0.493 e. The zero-order valence-corrected chi connectivity index (χ0v) is 27.9. The van der Waals surface area contributed by atoms with Gasteiger partial charge in [0.1, 0.15) is 24.2 Å². The predicted molar refractivity (Wildman–Crippen MR) is 186 cm³/mol. The van der Waals surface area contributed by atoms with Gasteiger partial charge in [-0.15, -0.1) is 0 Å². The first-order chi connectivity index (χ1) is 24.4. The van der Waals surface area contributed by atoms with E-state index >= 15 is 0 Å². The molecule has 0 N–H and O–H groups in total. The van der Waals surface area contributed by atoms with Gasteiger partial charge < -0.3 is 28.4 Å². The van der Waals surface area contributed by atoms with Crippen LogP contribution in [0.15, 0.2) is 108 Å². The largest absolute Gasteiger partial charge is 0.493 e. The highest BCUT2D eigenvalue weighted by Gasteiger charge is 2.39. The number of fused-ring (bicyclic) bond motifs is 3. The molecule has 1 atom stereocenters. The van der Waals surface area contributed by atoms with Gasteiger partial charge in [0.05, 0.1) is 26.0 Å². The maximum atomic E-state index is 13.8. The van der Waals surface area contributed by atoms with E-state index < -0.39 is 18.1 Å². The number of benzene rings is 4. The number of carbonyl (C=O) groups is 3. The number of methoxy groups -OCH3 is 1. The average Bonchev–Trinajstić information content (AvgIpc) is 3.70. The van der Waals surface area contributed by atoms with Crippen LogP contribution in [-0.4, -0.2) is 78.8 Å². The fourth-order valence-corrected chi connectivity index (χ4v) is 6.73. The molecule has 10 heteroatoms. The van der Waals surface area contributed by atoms with E-state index in [1.807, 2.05) is 61.5 Å². The number of nitrogens with zero attached hydrogens (tertiary/aromatic N) is 3. The summed E-state index contributed by atoms with van der Waals surface area (Å²) < 4.78 is 22.8. The summed E-state index contributed by atoms with van der Waals surface area (Å²) in [7, 11) is 1.27. The van der Waals surface area contributed by atoms with Crippen LogP contribution < -0.4 is 4.74 Å². The molecule has 4 aromatic carbocycles. The van der Waals surface area contributed by atoms with Gasteiger partial charge in [-0.25, -0.2) is 14.6 Å². The zero-order valence-electron chi connectivity index (χ0n) is 27.9. The van der Waals surface area contributed by atoms with Crippen molar-refractivity contribution in [3.05, 3.63) is 131 Å². The molecular weight excluding hydrogens is 634 g/mol. The fraction of sp³-hybridized carbons (Fsp3) is 0.250. The topological polar surface area (TPSA) is 111 Å². The minimum atomic E-state index is -1.000. The van der Waals surface area contributed by atoms with Crippen molar-refractivity contribution in [2.24, 2.45) is 0 Å². The van der Waals surface area contributed by atoms with Gasteiger partial charge in [0, 0.05) is 36.6 Å². The summed E-state index contributed by atoms with van der Waals surface area (Å²) >= 11 is 0. The highest BCUT2D eigenvalue weighted by Crippen LogP contribution is 2.44. The molecule has 0 bridgehead atoms. The average molecular weight is 672 g/mol. The monoisotopic (exact) mass is 671 g/mol. The van der Waals surface area contributed by atoms with E-state index in [4.69, 9.17) is 18.6 Å². The van der Waals surface area contributed by atoms with Crippen molar-refractivity contribution < 1.29 is 33.0 Å². The molecule has 1 fully saturated rings. The minimum absolute atomic E-state index is 0.0483. The van der Waals surface area contributed by atoms with Crippen LogP contribution in [0.4, 0.5) is 4.79 Å². The van der Waals surface area contributed by atoms with Gasteiger partial charge in [0.2, 0.25) is 5.89 Å². The van der Waals surface area contributed by atoms with Crippen LogP contribution in [-0.2, 0) is 20.7 Å². The van der Waals surface area contributed by atoms with Gasteiger partial charge in [-0.1, -0.05) is 72.8 Å². The van der Waals surface area contributed by atoms with Crippen molar-refractivity contribution in [2.45, 2.75) is 25.3 Å². The van der Waals surface area contributed by atoms with Gasteiger partial charge in [0.25, 0.3) is 5.91 Å². The number of esters is 1. The first-order valence-corrected chi connectivity index (χ1v) is 16.6. The molecule has 5 aromatic rings. The standard InChI is InChI=1S/C40H37N3O7/c1-26-35(41-37(50-26)27-11-4-3-5-12-27)19-22-48-29-14-10-13-28(23-29)38(44)43-21-20-42(24-36(43)39(45)47-2)40(46)49-25-34-32-17-8-6-15-30(32)31-16-7-9-18-33(31)34/h3-18,23,34,36H,19-22,24-25H2,1-2H3. The summed E-state index contributed by atoms with van der Waals surface area (Å²) in [6.45, 7) is 2.64. The lowest BCUT2D eigenvalue weighted by Crippen LogP contribution is -2.59. The summed E-state index contributed by atoms with van der Waals surface area (Å²) in [5, 5.41) is 0. The number of oxazole rings is 1. The van der Waals surface area contributed by atoms with E-state index in [0.717, 1.165) is 39.3 Å². The van der Waals surface area contributed by atoms with Crippen molar-refractivity contribution in [2.75, 3.05) is 40.0 Å². The maximum Gasteiger partial charge on any atom is 0.409 e. The second-order valence-corrected chi connectivity index (χ2v) is 12.3. The Morgan fingerprint density at radius 1 is 0.860 bits per heavy atom. The molecule has 10 nitrogen and oxygen atoms in total.